The zero-order valence-electron chi connectivity index (χ0n) is 11.3. The van der Waals surface area contributed by atoms with E-state index in [0.717, 1.165) is 12.0 Å². The summed E-state index contributed by atoms with van der Waals surface area (Å²) in [5.41, 5.74) is 0. The molecule has 1 aromatic carbocycles. The molecule has 1 aromatic rings. The second-order valence-electron chi connectivity index (χ2n) is 5.38. The zero-order chi connectivity index (χ0) is 13.7. The van der Waals surface area contributed by atoms with E-state index in [1.807, 2.05) is 0 Å². The number of hydrogen-bond acceptors (Lipinski definition) is 2. The van der Waals surface area contributed by atoms with E-state index in [1.54, 1.807) is 0 Å². The van der Waals surface area contributed by atoms with Gasteiger partial charge in [-0.1, -0.05) is 19.8 Å². The van der Waals surface area contributed by atoms with Gasteiger partial charge in [-0.2, -0.15) is 0 Å². The van der Waals surface area contributed by atoms with E-state index in [1.165, 1.54) is 37.8 Å². The van der Waals surface area contributed by atoms with Gasteiger partial charge in [0.2, 0.25) is 0 Å². The van der Waals surface area contributed by atoms with Gasteiger partial charge in [0.1, 0.15) is 24.0 Å². The van der Waals surface area contributed by atoms with Crippen molar-refractivity contribution in [3.8, 4) is 5.75 Å². The summed E-state index contributed by atoms with van der Waals surface area (Å²) in [5.74, 6) is -0.186. The molecule has 2 atom stereocenters. The van der Waals surface area contributed by atoms with Crippen LogP contribution in [0.25, 0.3) is 0 Å². The molecule has 1 saturated carbocycles. The smallest absolute Gasteiger partial charge is 0.129 e. The molecule has 1 fully saturated rings. The second-order valence-corrected chi connectivity index (χ2v) is 5.38. The van der Waals surface area contributed by atoms with Crippen molar-refractivity contribution in [3.05, 3.63) is 29.8 Å². The van der Waals surface area contributed by atoms with Gasteiger partial charge in [-0.05, 0) is 18.8 Å². The van der Waals surface area contributed by atoms with Gasteiger partial charge < -0.3 is 10.1 Å². The molecular formula is C15H21F2NO. The number of rotatable bonds is 5. The minimum atomic E-state index is -0.607. The van der Waals surface area contributed by atoms with Crippen molar-refractivity contribution in [3.63, 3.8) is 0 Å². The highest BCUT2D eigenvalue weighted by atomic mass is 19.1. The highest BCUT2D eigenvalue weighted by Crippen LogP contribution is 2.23. The maximum atomic E-state index is 12.9. The van der Waals surface area contributed by atoms with Crippen LogP contribution in [0.3, 0.4) is 0 Å². The Morgan fingerprint density at radius 1 is 1.21 bits per heavy atom. The van der Waals surface area contributed by atoms with Crippen molar-refractivity contribution in [2.75, 3.05) is 13.2 Å². The van der Waals surface area contributed by atoms with E-state index in [2.05, 4.69) is 12.2 Å². The summed E-state index contributed by atoms with van der Waals surface area (Å²) in [5, 5.41) is 3.44. The van der Waals surface area contributed by atoms with Crippen LogP contribution in [0.2, 0.25) is 0 Å². The molecule has 1 N–H and O–H groups in total. The summed E-state index contributed by atoms with van der Waals surface area (Å²) in [6.45, 7) is 3.41. The maximum absolute atomic E-state index is 12.9. The first-order valence-corrected chi connectivity index (χ1v) is 6.96. The summed E-state index contributed by atoms with van der Waals surface area (Å²) in [7, 11) is 0. The third kappa shape index (κ3) is 4.78. The lowest BCUT2D eigenvalue weighted by molar-refractivity contribution is 0.265. The van der Waals surface area contributed by atoms with Crippen LogP contribution in [0.4, 0.5) is 8.78 Å². The summed E-state index contributed by atoms with van der Waals surface area (Å²) in [6.07, 6.45) is 5.00. The van der Waals surface area contributed by atoms with Crippen molar-refractivity contribution in [2.24, 2.45) is 5.92 Å². The van der Waals surface area contributed by atoms with Crippen molar-refractivity contribution in [2.45, 2.75) is 38.6 Å². The van der Waals surface area contributed by atoms with Crippen molar-refractivity contribution in [1.29, 1.82) is 0 Å². The lowest BCUT2D eigenvalue weighted by Gasteiger charge is -2.27. The summed E-state index contributed by atoms with van der Waals surface area (Å²) in [6, 6.07) is 3.79. The molecule has 0 spiro atoms. The Labute approximate surface area is 113 Å². The Morgan fingerprint density at radius 3 is 2.63 bits per heavy atom. The fourth-order valence-electron chi connectivity index (χ4n) is 2.66. The number of ether oxygens (including phenoxy) is 1. The first kappa shape index (κ1) is 14.3. The van der Waals surface area contributed by atoms with Gasteiger partial charge in [0.05, 0.1) is 0 Å². The Hall–Kier alpha value is -1.16. The molecule has 2 unspecified atom stereocenters. The molecule has 1 aliphatic carbocycles. The van der Waals surface area contributed by atoms with Crippen LogP contribution < -0.4 is 10.1 Å². The van der Waals surface area contributed by atoms with Crippen LogP contribution in [-0.4, -0.2) is 19.2 Å². The molecule has 0 heterocycles. The highest BCUT2D eigenvalue weighted by Gasteiger charge is 2.17. The average molecular weight is 269 g/mol. The third-order valence-electron chi connectivity index (χ3n) is 3.58. The van der Waals surface area contributed by atoms with E-state index >= 15 is 0 Å². The van der Waals surface area contributed by atoms with Gasteiger partial charge in [-0.15, -0.1) is 0 Å². The van der Waals surface area contributed by atoms with Gasteiger partial charge in [0, 0.05) is 30.8 Å². The van der Waals surface area contributed by atoms with E-state index in [9.17, 15) is 8.78 Å². The molecule has 106 valence electrons. The number of halogens is 2. The van der Waals surface area contributed by atoms with Crippen molar-refractivity contribution >= 4 is 0 Å². The largest absolute Gasteiger partial charge is 0.492 e. The predicted octanol–water partition coefficient (Wildman–Crippen LogP) is 3.51. The van der Waals surface area contributed by atoms with Crippen LogP contribution in [0.15, 0.2) is 18.2 Å². The van der Waals surface area contributed by atoms with E-state index in [0.29, 0.717) is 19.2 Å². The minimum Gasteiger partial charge on any atom is -0.492 e. The van der Waals surface area contributed by atoms with Crippen molar-refractivity contribution in [1.82, 2.24) is 5.32 Å². The van der Waals surface area contributed by atoms with E-state index in [4.69, 9.17) is 4.74 Å². The Balaban J connectivity index is 1.68. The molecule has 0 amide bonds. The standard InChI is InChI=1S/C15H21F2NO/c1-11-3-2-4-14(7-11)18-5-6-19-15-9-12(16)8-13(17)10-15/h8-11,14,18H,2-7H2,1H3. The molecule has 4 heteroatoms. The van der Waals surface area contributed by atoms with E-state index in [-0.39, 0.29) is 5.75 Å². The highest BCUT2D eigenvalue weighted by molar-refractivity contribution is 5.23. The fraction of sp³-hybridized carbons (Fsp3) is 0.600. The maximum Gasteiger partial charge on any atom is 0.129 e. The summed E-state index contributed by atoms with van der Waals surface area (Å²) in [4.78, 5) is 0. The molecule has 2 nitrogen and oxygen atoms in total. The Morgan fingerprint density at radius 2 is 1.95 bits per heavy atom. The number of nitrogens with one attached hydrogen (secondary N) is 1. The van der Waals surface area contributed by atoms with E-state index < -0.39 is 11.6 Å². The lowest BCUT2D eigenvalue weighted by atomic mass is 9.87. The molecule has 0 aromatic heterocycles. The second kappa shape index (κ2) is 6.85. The molecule has 0 radical (unpaired) electrons. The molecule has 0 bridgehead atoms. The molecule has 2 rings (SSSR count). The first-order chi connectivity index (χ1) is 9.13. The molecule has 19 heavy (non-hydrogen) atoms. The van der Waals surface area contributed by atoms with Gasteiger partial charge >= 0.3 is 0 Å². The van der Waals surface area contributed by atoms with Crippen LogP contribution in [-0.2, 0) is 0 Å². The predicted molar refractivity (Wildman–Crippen MR) is 71.3 cm³/mol. The first-order valence-electron chi connectivity index (χ1n) is 6.96. The number of benzene rings is 1. The van der Waals surface area contributed by atoms with Crippen molar-refractivity contribution < 1.29 is 13.5 Å². The molecule has 1 aliphatic rings. The normalized spacial score (nSPS) is 23.3. The van der Waals surface area contributed by atoms with Crippen LogP contribution in [0, 0.1) is 17.6 Å². The fourth-order valence-corrected chi connectivity index (χ4v) is 2.66. The monoisotopic (exact) mass is 269 g/mol. The van der Waals surface area contributed by atoms with Crippen LogP contribution in [0.1, 0.15) is 32.6 Å². The summed E-state index contributed by atoms with van der Waals surface area (Å²) < 4.78 is 31.2. The summed E-state index contributed by atoms with van der Waals surface area (Å²) >= 11 is 0. The zero-order valence-corrected chi connectivity index (χ0v) is 11.3. The molecule has 0 aliphatic heterocycles. The van der Waals surface area contributed by atoms with Gasteiger partial charge in [0.15, 0.2) is 0 Å². The SMILES string of the molecule is CC1CCCC(NCCOc2cc(F)cc(F)c2)C1. The quantitative estimate of drug-likeness (QED) is 0.826. The third-order valence-corrected chi connectivity index (χ3v) is 3.58. The van der Waals surface area contributed by atoms with Crippen LogP contribution in [0.5, 0.6) is 5.75 Å². The van der Waals surface area contributed by atoms with Gasteiger partial charge in [0.25, 0.3) is 0 Å². The minimum absolute atomic E-state index is 0.247. The lowest BCUT2D eigenvalue weighted by Crippen LogP contribution is -2.36. The van der Waals surface area contributed by atoms with Crippen LogP contribution >= 0.6 is 0 Å². The van der Waals surface area contributed by atoms with Gasteiger partial charge in [-0.3, -0.25) is 0 Å². The average Bonchev–Trinajstić information content (AvgIpc) is 2.34. The Bertz CT molecular complexity index is 391. The number of hydrogen-bond donors (Lipinski definition) is 1. The topological polar surface area (TPSA) is 21.3 Å². The molecular weight excluding hydrogens is 248 g/mol. The Kier molecular flexibility index (Phi) is 5.14. The molecule has 0 saturated heterocycles. The van der Waals surface area contributed by atoms with Gasteiger partial charge in [-0.25, -0.2) is 8.78 Å².